The summed E-state index contributed by atoms with van der Waals surface area (Å²) in [7, 11) is 0. The third-order valence-corrected chi connectivity index (χ3v) is 4.70. The highest BCUT2D eigenvalue weighted by Gasteiger charge is 2.28. The molecule has 1 aromatic rings. The lowest BCUT2D eigenvalue weighted by molar-refractivity contribution is -0.385. The Kier molecular flexibility index (Phi) is 4.37. The summed E-state index contributed by atoms with van der Waals surface area (Å²) in [5.41, 5.74) is 2.18. The van der Waals surface area contributed by atoms with E-state index in [1.807, 2.05) is 6.07 Å². The molecule has 5 heteroatoms. The fourth-order valence-electron chi connectivity index (χ4n) is 3.02. The number of nitrogens with one attached hydrogen (secondary N) is 1. The van der Waals surface area contributed by atoms with Gasteiger partial charge in [0, 0.05) is 27.8 Å². The molecule has 0 aromatic heterocycles. The van der Waals surface area contributed by atoms with Crippen LogP contribution in [0, 0.1) is 22.5 Å². The van der Waals surface area contributed by atoms with Gasteiger partial charge in [0.05, 0.1) is 4.92 Å². The first-order valence-corrected chi connectivity index (χ1v) is 7.79. The van der Waals surface area contributed by atoms with Crippen molar-refractivity contribution in [2.24, 2.45) is 5.41 Å². The van der Waals surface area contributed by atoms with Crippen LogP contribution in [-0.4, -0.2) is 11.0 Å². The number of nitrogens with zero attached hydrogens (tertiary/aromatic N) is 1. The van der Waals surface area contributed by atoms with Crippen molar-refractivity contribution >= 4 is 27.3 Å². The molecule has 1 unspecified atom stereocenters. The van der Waals surface area contributed by atoms with Gasteiger partial charge in [0.1, 0.15) is 0 Å². The second-order valence-electron chi connectivity index (χ2n) is 6.48. The monoisotopic (exact) mass is 340 g/mol. The normalized spacial score (nSPS) is 21.5. The Morgan fingerprint density at radius 3 is 2.75 bits per heavy atom. The molecule has 4 nitrogen and oxygen atoms in total. The highest BCUT2D eigenvalue weighted by molar-refractivity contribution is 9.10. The Balaban J connectivity index is 2.18. The van der Waals surface area contributed by atoms with E-state index in [1.54, 1.807) is 13.0 Å². The maximum Gasteiger partial charge on any atom is 0.273 e. The maximum atomic E-state index is 10.9. The average Bonchev–Trinajstić information content (AvgIpc) is 2.31. The Bertz CT molecular complexity index is 529. The largest absolute Gasteiger partial charge is 0.381 e. The van der Waals surface area contributed by atoms with Crippen LogP contribution in [0.25, 0.3) is 0 Å². The average molecular weight is 341 g/mol. The quantitative estimate of drug-likeness (QED) is 0.618. The van der Waals surface area contributed by atoms with Crippen molar-refractivity contribution in [3.63, 3.8) is 0 Å². The van der Waals surface area contributed by atoms with Gasteiger partial charge in [0.2, 0.25) is 0 Å². The molecule has 0 heterocycles. The zero-order valence-electron chi connectivity index (χ0n) is 12.2. The Labute approximate surface area is 128 Å². The van der Waals surface area contributed by atoms with Gasteiger partial charge in [-0.05, 0) is 53.6 Å². The van der Waals surface area contributed by atoms with E-state index in [1.165, 1.54) is 12.8 Å². The summed E-state index contributed by atoms with van der Waals surface area (Å²) < 4.78 is 0.762. The van der Waals surface area contributed by atoms with Crippen LogP contribution in [0.1, 0.15) is 45.1 Å². The van der Waals surface area contributed by atoms with Gasteiger partial charge in [-0.15, -0.1) is 0 Å². The second-order valence-corrected chi connectivity index (χ2v) is 7.33. The molecule has 0 spiro atoms. The predicted molar refractivity (Wildman–Crippen MR) is 85.2 cm³/mol. The molecule has 2 rings (SSSR count). The van der Waals surface area contributed by atoms with E-state index in [0.29, 0.717) is 17.0 Å². The van der Waals surface area contributed by atoms with Crippen molar-refractivity contribution in [1.82, 2.24) is 0 Å². The Morgan fingerprint density at radius 2 is 2.15 bits per heavy atom. The number of benzene rings is 1. The minimum atomic E-state index is -0.340. The van der Waals surface area contributed by atoms with Crippen molar-refractivity contribution in [3.8, 4) is 0 Å². The Morgan fingerprint density at radius 1 is 1.45 bits per heavy atom. The molecule has 1 saturated carbocycles. The lowest BCUT2D eigenvalue weighted by atomic mass is 9.75. The minimum absolute atomic E-state index is 0.159. The van der Waals surface area contributed by atoms with Gasteiger partial charge in [0.25, 0.3) is 5.69 Å². The molecule has 1 aromatic carbocycles. The molecular weight excluding hydrogens is 320 g/mol. The van der Waals surface area contributed by atoms with Crippen LogP contribution in [0.3, 0.4) is 0 Å². The van der Waals surface area contributed by atoms with E-state index in [4.69, 9.17) is 0 Å². The summed E-state index contributed by atoms with van der Waals surface area (Å²) in [6, 6.07) is 3.89. The van der Waals surface area contributed by atoms with Crippen LogP contribution in [0.4, 0.5) is 11.4 Å². The fourth-order valence-corrected chi connectivity index (χ4v) is 3.47. The molecule has 1 N–H and O–H groups in total. The lowest BCUT2D eigenvalue weighted by Gasteiger charge is -2.36. The summed E-state index contributed by atoms with van der Waals surface area (Å²) in [5, 5.41) is 14.5. The van der Waals surface area contributed by atoms with Gasteiger partial charge in [0.15, 0.2) is 0 Å². The summed E-state index contributed by atoms with van der Waals surface area (Å²) in [6.45, 7) is 6.38. The molecule has 1 aliphatic rings. The molecule has 1 atom stereocenters. The number of hydrogen-bond donors (Lipinski definition) is 1. The van der Waals surface area contributed by atoms with Crippen molar-refractivity contribution in [2.45, 2.75) is 52.5 Å². The van der Waals surface area contributed by atoms with Crippen molar-refractivity contribution < 1.29 is 4.92 Å². The summed E-state index contributed by atoms with van der Waals surface area (Å²) in [4.78, 5) is 10.6. The first-order chi connectivity index (χ1) is 9.28. The van der Waals surface area contributed by atoms with E-state index >= 15 is 0 Å². The van der Waals surface area contributed by atoms with Gasteiger partial charge in [-0.2, -0.15) is 0 Å². The van der Waals surface area contributed by atoms with E-state index < -0.39 is 0 Å². The summed E-state index contributed by atoms with van der Waals surface area (Å²) in [5.74, 6) is 0. The highest BCUT2D eigenvalue weighted by Crippen LogP contribution is 2.38. The van der Waals surface area contributed by atoms with Gasteiger partial charge < -0.3 is 5.32 Å². The van der Waals surface area contributed by atoms with E-state index in [0.717, 1.165) is 23.0 Å². The topological polar surface area (TPSA) is 55.2 Å². The zero-order chi connectivity index (χ0) is 14.9. The van der Waals surface area contributed by atoms with E-state index in [2.05, 4.69) is 35.1 Å². The standard InChI is InChI=1S/C15H21BrN2O2/c1-10-7-13(12(16)8-14(10)18(19)20)17-11-5-4-6-15(2,3)9-11/h7-8,11,17H,4-6,9H2,1-3H3. The van der Waals surface area contributed by atoms with Gasteiger partial charge in [-0.25, -0.2) is 0 Å². The third-order valence-electron chi connectivity index (χ3n) is 4.05. The molecule has 0 bridgehead atoms. The number of nitro benzene ring substituents is 1. The fraction of sp³-hybridized carbons (Fsp3) is 0.600. The molecule has 0 amide bonds. The second kappa shape index (κ2) is 5.72. The molecule has 0 aliphatic heterocycles. The van der Waals surface area contributed by atoms with Gasteiger partial charge >= 0.3 is 0 Å². The van der Waals surface area contributed by atoms with Gasteiger partial charge in [-0.1, -0.05) is 20.3 Å². The number of nitro groups is 1. The van der Waals surface area contributed by atoms with E-state index in [-0.39, 0.29) is 10.6 Å². The van der Waals surface area contributed by atoms with Crippen LogP contribution in [-0.2, 0) is 0 Å². The SMILES string of the molecule is Cc1cc(NC2CCCC(C)(C)C2)c(Br)cc1[N+](=O)[O-]. The van der Waals surface area contributed by atoms with Crippen LogP contribution < -0.4 is 5.32 Å². The number of halogens is 1. The van der Waals surface area contributed by atoms with Gasteiger partial charge in [-0.3, -0.25) is 10.1 Å². The summed E-state index contributed by atoms with van der Waals surface area (Å²) >= 11 is 3.44. The number of aryl methyl sites for hydroxylation is 1. The van der Waals surface area contributed by atoms with Crippen molar-refractivity contribution in [1.29, 1.82) is 0 Å². The molecule has 0 radical (unpaired) electrons. The van der Waals surface area contributed by atoms with Crippen LogP contribution in [0.15, 0.2) is 16.6 Å². The zero-order valence-corrected chi connectivity index (χ0v) is 13.8. The highest BCUT2D eigenvalue weighted by atomic mass is 79.9. The summed E-state index contributed by atoms with van der Waals surface area (Å²) in [6.07, 6.45) is 4.79. The van der Waals surface area contributed by atoms with Crippen LogP contribution >= 0.6 is 15.9 Å². The molecular formula is C15H21BrN2O2. The maximum absolute atomic E-state index is 10.9. The van der Waals surface area contributed by atoms with Crippen LogP contribution in [0.2, 0.25) is 0 Å². The Hall–Kier alpha value is -1.10. The molecule has 1 fully saturated rings. The first-order valence-electron chi connectivity index (χ1n) is 6.99. The number of hydrogen-bond acceptors (Lipinski definition) is 3. The van der Waals surface area contributed by atoms with E-state index in [9.17, 15) is 10.1 Å². The number of rotatable bonds is 3. The van der Waals surface area contributed by atoms with Crippen LogP contribution in [0.5, 0.6) is 0 Å². The smallest absolute Gasteiger partial charge is 0.273 e. The molecule has 110 valence electrons. The van der Waals surface area contributed by atoms with Crippen molar-refractivity contribution in [2.75, 3.05) is 5.32 Å². The molecule has 20 heavy (non-hydrogen) atoms. The van der Waals surface area contributed by atoms with Crippen molar-refractivity contribution in [3.05, 3.63) is 32.3 Å². The minimum Gasteiger partial charge on any atom is -0.381 e. The lowest BCUT2D eigenvalue weighted by Crippen LogP contribution is -2.31. The molecule has 1 aliphatic carbocycles. The molecule has 0 saturated heterocycles. The first kappa shape index (κ1) is 15.3. The third kappa shape index (κ3) is 3.51. The number of anilines is 1. The predicted octanol–water partition coefficient (Wildman–Crippen LogP) is 5.05.